The van der Waals surface area contributed by atoms with Crippen LogP contribution in [0.25, 0.3) is 11.4 Å². The minimum atomic E-state index is -0.409. The zero-order chi connectivity index (χ0) is 23.5. The molecule has 9 heteroatoms. The van der Waals surface area contributed by atoms with E-state index in [1.54, 1.807) is 47.9 Å². The quantitative estimate of drug-likeness (QED) is 0.589. The Morgan fingerprint density at radius 3 is 2.36 bits per heavy atom. The highest BCUT2D eigenvalue weighted by Gasteiger charge is 2.25. The van der Waals surface area contributed by atoms with Gasteiger partial charge in [0.05, 0.1) is 0 Å². The fourth-order valence-electron chi connectivity index (χ4n) is 3.70. The molecule has 0 radical (unpaired) electrons. The number of nitrogens with zero attached hydrogens (tertiary/aromatic N) is 4. The zero-order valence-electron chi connectivity index (χ0n) is 18.5. The Morgan fingerprint density at radius 2 is 1.67 bits per heavy atom. The summed E-state index contributed by atoms with van der Waals surface area (Å²) in [6.07, 6.45) is 0.481. The molecule has 3 aromatic rings. The lowest BCUT2D eigenvalue weighted by Gasteiger charge is -2.34. The molecule has 0 N–H and O–H groups in total. The fourth-order valence-corrected chi connectivity index (χ4v) is 3.70. The van der Waals surface area contributed by atoms with Gasteiger partial charge in [-0.1, -0.05) is 11.2 Å². The first-order valence-corrected chi connectivity index (χ1v) is 10.7. The predicted octanol–water partition coefficient (Wildman–Crippen LogP) is 3.55. The number of hydrogen-bond acceptors (Lipinski definition) is 5. The van der Waals surface area contributed by atoms with E-state index in [1.165, 1.54) is 12.1 Å². The first-order valence-electron chi connectivity index (χ1n) is 10.7. The lowest BCUT2D eigenvalue weighted by molar-refractivity contribution is -0.132. The molecule has 33 heavy (non-hydrogen) atoms. The Hall–Kier alpha value is -3.62. The number of aromatic nitrogens is 2. The van der Waals surface area contributed by atoms with Crippen LogP contribution in [0.1, 0.15) is 33.8 Å². The van der Waals surface area contributed by atoms with Crippen LogP contribution in [0, 0.1) is 25.5 Å². The maximum absolute atomic E-state index is 13.8. The fraction of sp³-hybridized carbons (Fsp3) is 0.333. The van der Waals surface area contributed by atoms with Gasteiger partial charge in [-0.15, -0.1) is 0 Å². The van der Waals surface area contributed by atoms with Gasteiger partial charge in [0, 0.05) is 50.1 Å². The van der Waals surface area contributed by atoms with Crippen molar-refractivity contribution in [1.82, 2.24) is 19.9 Å². The van der Waals surface area contributed by atoms with Gasteiger partial charge in [0.25, 0.3) is 5.91 Å². The van der Waals surface area contributed by atoms with E-state index >= 15 is 0 Å². The Kier molecular flexibility index (Phi) is 6.48. The van der Waals surface area contributed by atoms with Crippen LogP contribution in [-0.4, -0.2) is 57.9 Å². The predicted molar refractivity (Wildman–Crippen MR) is 116 cm³/mol. The van der Waals surface area contributed by atoms with E-state index in [1.807, 2.05) is 0 Å². The summed E-state index contributed by atoms with van der Waals surface area (Å²) in [6, 6.07) is 9.02. The van der Waals surface area contributed by atoms with E-state index in [-0.39, 0.29) is 30.5 Å². The Morgan fingerprint density at radius 1 is 0.939 bits per heavy atom. The Balaban J connectivity index is 1.28. The standard InChI is InChI=1S/C24H24F2N4O3/c1-15-3-4-18(14-20(15)26)24(32)30-11-9-29(10-12-30)22(31)8-7-21-27-23(28-33-21)17-5-6-19(25)16(2)13-17/h3-6,13-14H,7-12H2,1-2H3. The highest BCUT2D eigenvalue weighted by molar-refractivity contribution is 5.94. The molecule has 1 saturated heterocycles. The largest absolute Gasteiger partial charge is 0.339 e. The van der Waals surface area contributed by atoms with Crippen molar-refractivity contribution in [3.05, 3.63) is 70.6 Å². The molecule has 0 bridgehead atoms. The topological polar surface area (TPSA) is 79.5 Å². The molecule has 1 aromatic heterocycles. The van der Waals surface area contributed by atoms with E-state index < -0.39 is 5.82 Å². The van der Waals surface area contributed by atoms with Crippen molar-refractivity contribution < 1.29 is 22.9 Å². The zero-order valence-corrected chi connectivity index (χ0v) is 18.5. The molecule has 7 nitrogen and oxygen atoms in total. The SMILES string of the molecule is Cc1cc(-c2noc(CCC(=O)N3CCN(C(=O)c4ccc(C)c(F)c4)CC3)n2)ccc1F. The van der Waals surface area contributed by atoms with Crippen LogP contribution in [0.4, 0.5) is 8.78 Å². The average Bonchev–Trinajstić information content (AvgIpc) is 3.30. The molecular formula is C24H24F2N4O3. The van der Waals surface area contributed by atoms with Gasteiger partial charge >= 0.3 is 0 Å². The monoisotopic (exact) mass is 454 g/mol. The second-order valence-electron chi connectivity index (χ2n) is 8.11. The Bertz CT molecular complexity index is 1190. The summed E-state index contributed by atoms with van der Waals surface area (Å²) in [4.78, 5) is 32.8. The number of carbonyl (C=O) groups excluding carboxylic acids is 2. The molecular weight excluding hydrogens is 430 g/mol. The van der Waals surface area contributed by atoms with Crippen LogP contribution in [0.3, 0.4) is 0 Å². The lowest BCUT2D eigenvalue weighted by Crippen LogP contribution is -2.50. The minimum Gasteiger partial charge on any atom is -0.339 e. The molecule has 2 amide bonds. The maximum Gasteiger partial charge on any atom is 0.254 e. The van der Waals surface area contributed by atoms with Crippen LogP contribution in [0.15, 0.2) is 40.9 Å². The van der Waals surface area contributed by atoms with Gasteiger partial charge in [-0.3, -0.25) is 9.59 Å². The van der Waals surface area contributed by atoms with Gasteiger partial charge in [-0.05, 0) is 55.3 Å². The second-order valence-corrected chi connectivity index (χ2v) is 8.11. The van der Waals surface area contributed by atoms with Gasteiger partial charge < -0.3 is 14.3 Å². The molecule has 0 atom stereocenters. The van der Waals surface area contributed by atoms with E-state index in [9.17, 15) is 18.4 Å². The number of aryl methyl sites for hydroxylation is 3. The van der Waals surface area contributed by atoms with Crippen molar-refractivity contribution >= 4 is 11.8 Å². The first-order chi connectivity index (χ1) is 15.8. The van der Waals surface area contributed by atoms with Gasteiger partial charge in [0.15, 0.2) is 0 Å². The maximum atomic E-state index is 13.8. The summed E-state index contributed by atoms with van der Waals surface area (Å²) < 4.78 is 32.5. The Labute approximate surface area is 190 Å². The summed E-state index contributed by atoms with van der Waals surface area (Å²) in [5, 5.41) is 3.91. The van der Waals surface area contributed by atoms with Crippen LogP contribution in [0.5, 0.6) is 0 Å². The molecule has 2 heterocycles. The molecule has 0 saturated carbocycles. The van der Waals surface area contributed by atoms with E-state index in [0.717, 1.165) is 0 Å². The normalized spacial score (nSPS) is 13.9. The number of halogens is 2. The van der Waals surface area contributed by atoms with E-state index in [0.29, 0.717) is 60.1 Å². The molecule has 4 rings (SSSR count). The number of hydrogen-bond donors (Lipinski definition) is 0. The van der Waals surface area contributed by atoms with Crippen LogP contribution in [-0.2, 0) is 11.2 Å². The highest BCUT2D eigenvalue weighted by Crippen LogP contribution is 2.20. The van der Waals surface area contributed by atoms with Gasteiger partial charge in [0.2, 0.25) is 17.6 Å². The smallest absolute Gasteiger partial charge is 0.254 e. The summed E-state index contributed by atoms with van der Waals surface area (Å²) in [5.41, 5.74) is 1.92. The highest BCUT2D eigenvalue weighted by atomic mass is 19.1. The third-order valence-electron chi connectivity index (χ3n) is 5.78. The molecule has 2 aromatic carbocycles. The van der Waals surface area contributed by atoms with Crippen molar-refractivity contribution in [3.63, 3.8) is 0 Å². The molecule has 0 spiro atoms. The van der Waals surface area contributed by atoms with Crippen LogP contribution < -0.4 is 0 Å². The molecule has 0 aliphatic carbocycles. The van der Waals surface area contributed by atoms with Crippen LogP contribution >= 0.6 is 0 Å². The first kappa shape index (κ1) is 22.6. The van der Waals surface area contributed by atoms with Gasteiger partial charge in [0.1, 0.15) is 11.6 Å². The number of benzene rings is 2. The summed E-state index contributed by atoms with van der Waals surface area (Å²) >= 11 is 0. The number of amides is 2. The van der Waals surface area contributed by atoms with Crippen molar-refractivity contribution in [2.75, 3.05) is 26.2 Å². The minimum absolute atomic E-state index is 0.0687. The van der Waals surface area contributed by atoms with Crippen LogP contribution in [0.2, 0.25) is 0 Å². The number of rotatable bonds is 5. The summed E-state index contributed by atoms with van der Waals surface area (Å²) in [6.45, 7) is 4.88. The van der Waals surface area contributed by atoms with Gasteiger partial charge in [-0.2, -0.15) is 4.98 Å². The number of carbonyl (C=O) groups is 2. The van der Waals surface area contributed by atoms with Crippen molar-refractivity contribution in [3.8, 4) is 11.4 Å². The van der Waals surface area contributed by atoms with Crippen molar-refractivity contribution in [1.29, 1.82) is 0 Å². The van der Waals surface area contributed by atoms with Crippen molar-refractivity contribution in [2.45, 2.75) is 26.7 Å². The van der Waals surface area contributed by atoms with Crippen molar-refractivity contribution in [2.24, 2.45) is 0 Å². The molecule has 1 aliphatic heterocycles. The third-order valence-corrected chi connectivity index (χ3v) is 5.78. The van der Waals surface area contributed by atoms with E-state index in [4.69, 9.17) is 4.52 Å². The third kappa shape index (κ3) is 5.08. The second kappa shape index (κ2) is 9.48. The lowest BCUT2D eigenvalue weighted by atomic mass is 10.1. The average molecular weight is 454 g/mol. The summed E-state index contributed by atoms with van der Waals surface area (Å²) in [5.74, 6) is -0.346. The molecule has 0 unspecified atom stereocenters. The molecule has 172 valence electrons. The van der Waals surface area contributed by atoms with E-state index in [2.05, 4.69) is 10.1 Å². The summed E-state index contributed by atoms with van der Waals surface area (Å²) in [7, 11) is 0. The number of piperazine rings is 1. The molecule has 1 aliphatic rings. The van der Waals surface area contributed by atoms with Gasteiger partial charge in [-0.25, -0.2) is 8.78 Å². The molecule has 1 fully saturated rings.